The lowest BCUT2D eigenvalue weighted by Crippen LogP contribution is -2.32. The Morgan fingerprint density at radius 1 is 1.24 bits per heavy atom. The van der Waals surface area contributed by atoms with Crippen LogP contribution in [-0.4, -0.2) is 29.8 Å². The van der Waals surface area contributed by atoms with E-state index in [2.05, 4.69) is 10.3 Å². The maximum Gasteiger partial charge on any atom is 0.257 e. The Morgan fingerprint density at radius 2 is 2.00 bits per heavy atom. The number of methoxy groups -OCH3 is 1. The number of para-hydroxylation sites is 2. The second kappa shape index (κ2) is 8.07. The summed E-state index contributed by atoms with van der Waals surface area (Å²) in [6.07, 6.45) is 0.774. The minimum atomic E-state index is -0.274. The Morgan fingerprint density at radius 3 is 2.72 bits per heavy atom. The minimum Gasteiger partial charge on any atom is -0.497 e. The number of ether oxygens (including phenoxy) is 1. The smallest absolute Gasteiger partial charge is 0.257 e. The molecule has 1 amide bonds. The van der Waals surface area contributed by atoms with Gasteiger partial charge < -0.3 is 14.5 Å². The van der Waals surface area contributed by atoms with Crippen molar-refractivity contribution in [1.82, 2.24) is 10.3 Å². The maximum atomic E-state index is 12.2. The molecule has 25 heavy (non-hydrogen) atoms. The Kier molecular flexibility index (Phi) is 5.60. The molecule has 3 aromatic rings. The van der Waals surface area contributed by atoms with Gasteiger partial charge in [0, 0.05) is 6.54 Å². The third-order valence-corrected chi connectivity index (χ3v) is 4.74. The van der Waals surface area contributed by atoms with Gasteiger partial charge in [-0.1, -0.05) is 36.0 Å². The molecule has 0 radical (unpaired) electrons. The van der Waals surface area contributed by atoms with Gasteiger partial charge in [-0.2, -0.15) is 0 Å². The summed E-state index contributed by atoms with van der Waals surface area (Å²) in [5.74, 6) is 0.803. The van der Waals surface area contributed by atoms with Crippen LogP contribution >= 0.6 is 11.8 Å². The molecule has 0 aliphatic heterocycles. The third-order valence-electron chi connectivity index (χ3n) is 3.79. The number of amides is 1. The zero-order chi connectivity index (χ0) is 17.6. The molecular weight excluding hydrogens is 336 g/mol. The van der Waals surface area contributed by atoms with Gasteiger partial charge in [-0.25, -0.2) is 4.98 Å². The quantitative estimate of drug-likeness (QED) is 0.654. The summed E-state index contributed by atoms with van der Waals surface area (Å²) in [6, 6.07) is 15.4. The number of carbonyl (C=O) groups is 1. The Balaban J connectivity index is 1.48. The van der Waals surface area contributed by atoms with E-state index < -0.39 is 0 Å². The molecule has 1 heterocycles. The van der Waals surface area contributed by atoms with Crippen LogP contribution in [0, 0.1) is 0 Å². The first-order valence-corrected chi connectivity index (χ1v) is 8.96. The average molecular weight is 356 g/mol. The highest BCUT2D eigenvalue weighted by molar-refractivity contribution is 8.00. The van der Waals surface area contributed by atoms with E-state index in [-0.39, 0.29) is 11.2 Å². The van der Waals surface area contributed by atoms with Gasteiger partial charge in [-0.3, -0.25) is 4.79 Å². The van der Waals surface area contributed by atoms with Gasteiger partial charge in [0.1, 0.15) is 11.3 Å². The van der Waals surface area contributed by atoms with Crippen LogP contribution in [0.3, 0.4) is 0 Å². The van der Waals surface area contributed by atoms with Gasteiger partial charge in [0.05, 0.1) is 12.4 Å². The average Bonchev–Trinajstić information content (AvgIpc) is 3.04. The van der Waals surface area contributed by atoms with Crippen LogP contribution < -0.4 is 10.1 Å². The van der Waals surface area contributed by atoms with Crippen molar-refractivity contribution in [2.75, 3.05) is 13.7 Å². The van der Waals surface area contributed by atoms with Crippen LogP contribution in [0.15, 0.2) is 58.2 Å². The molecule has 6 heteroatoms. The first-order valence-electron chi connectivity index (χ1n) is 8.08. The second-order valence-corrected chi connectivity index (χ2v) is 6.89. The second-order valence-electron chi connectivity index (χ2n) is 5.60. The van der Waals surface area contributed by atoms with Crippen molar-refractivity contribution in [2.45, 2.75) is 23.8 Å². The number of rotatable bonds is 7. The van der Waals surface area contributed by atoms with Gasteiger partial charge >= 0.3 is 0 Å². The molecule has 1 N–H and O–H groups in total. The van der Waals surface area contributed by atoms with Crippen molar-refractivity contribution < 1.29 is 13.9 Å². The molecule has 3 rings (SSSR count). The molecule has 0 saturated carbocycles. The standard InChI is InChI=1S/C19H20N2O3S/c1-13(25-19-21-16-5-3-4-6-17(16)24-19)18(22)20-12-11-14-7-9-15(23-2)10-8-14/h3-10,13H,11-12H2,1-2H3,(H,20,22). The van der Waals surface area contributed by atoms with Crippen LogP contribution in [0.2, 0.25) is 0 Å². The predicted octanol–water partition coefficient (Wildman–Crippen LogP) is 3.68. The normalized spacial score (nSPS) is 12.1. The van der Waals surface area contributed by atoms with E-state index in [4.69, 9.17) is 9.15 Å². The highest BCUT2D eigenvalue weighted by Gasteiger charge is 2.17. The summed E-state index contributed by atoms with van der Waals surface area (Å²) >= 11 is 1.32. The lowest BCUT2D eigenvalue weighted by molar-refractivity contribution is -0.120. The molecular formula is C19H20N2O3S. The molecule has 0 spiro atoms. The molecule has 5 nitrogen and oxygen atoms in total. The molecule has 2 aromatic carbocycles. The topological polar surface area (TPSA) is 64.4 Å². The van der Waals surface area contributed by atoms with Gasteiger partial charge in [0.2, 0.25) is 5.91 Å². The monoisotopic (exact) mass is 356 g/mol. The summed E-state index contributed by atoms with van der Waals surface area (Å²) in [7, 11) is 1.64. The van der Waals surface area contributed by atoms with Gasteiger partial charge in [-0.05, 0) is 43.2 Å². The molecule has 1 aromatic heterocycles. The number of fused-ring (bicyclic) bond motifs is 1. The molecule has 1 atom stereocenters. The van der Waals surface area contributed by atoms with Gasteiger partial charge in [-0.15, -0.1) is 0 Å². The number of hydrogen-bond acceptors (Lipinski definition) is 5. The number of hydrogen-bond donors (Lipinski definition) is 1. The van der Waals surface area contributed by atoms with Crippen molar-refractivity contribution in [3.8, 4) is 5.75 Å². The molecule has 0 aliphatic rings. The summed E-state index contributed by atoms with van der Waals surface area (Å²) in [5.41, 5.74) is 2.69. The Labute approximate surface area is 150 Å². The predicted molar refractivity (Wildman–Crippen MR) is 99.0 cm³/mol. The molecule has 0 aliphatic carbocycles. The number of thioether (sulfide) groups is 1. The zero-order valence-electron chi connectivity index (χ0n) is 14.2. The zero-order valence-corrected chi connectivity index (χ0v) is 15.0. The van der Waals surface area contributed by atoms with E-state index in [9.17, 15) is 4.79 Å². The molecule has 130 valence electrons. The third kappa shape index (κ3) is 4.54. The van der Waals surface area contributed by atoms with E-state index >= 15 is 0 Å². The van der Waals surface area contributed by atoms with Crippen LogP contribution in [0.1, 0.15) is 12.5 Å². The number of nitrogens with zero attached hydrogens (tertiary/aromatic N) is 1. The van der Waals surface area contributed by atoms with Crippen LogP contribution in [0.4, 0.5) is 0 Å². The lowest BCUT2D eigenvalue weighted by atomic mass is 10.1. The van der Waals surface area contributed by atoms with Crippen molar-refractivity contribution in [3.05, 3.63) is 54.1 Å². The van der Waals surface area contributed by atoms with Crippen molar-refractivity contribution in [3.63, 3.8) is 0 Å². The fraction of sp³-hybridized carbons (Fsp3) is 0.263. The number of nitrogens with one attached hydrogen (secondary N) is 1. The fourth-order valence-electron chi connectivity index (χ4n) is 2.37. The first kappa shape index (κ1) is 17.4. The molecule has 1 unspecified atom stereocenters. The van der Waals surface area contributed by atoms with Crippen molar-refractivity contribution in [2.24, 2.45) is 0 Å². The largest absolute Gasteiger partial charge is 0.497 e. The highest BCUT2D eigenvalue weighted by Crippen LogP contribution is 2.26. The number of oxazole rings is 1. The van der Waals surface area contributed by atoms with E-state index in [0.717, 1.165) is 28.8 Å². The lowest BCUT2D eigenvalue weighted by Gasteiger charge is -2.10. The van der Waals surface area contributed by atoms with Crippen LogP contribution in [0.5, 0.6) is 5.75 Å². The number of carbonyl (C=O) groups excluding carboxylic acids is 1. The van der Waals surface area contributed by atoms with E-state index in [1.54, 1.807) is 7.11 Å². The molecule has 0 bridgehead atoms. The van der Waals surface area contributed by atoms with E-state index in [1.165, 1.54) is 11.8 Å². The highest BCUT2D eigenvalue weighted by atomic mass is 32.2. The maximum absolute atomic E-state index is 12.2. The molecule has 0 saturated heterocycles. The van der Waals surface area contributed by atoms with Crippen LogP contribution in [0.25, 0.3) is 11.1 Å². The molecule has 0 fully saturated rings. The number of aromatic nitrogens is 1. The summed E-state index contributed by atoms with van der Waals surface area (Å²) in [6.45, 7) is 2.44. The Hall–Kier alpha value is -2.47. The summed E-state index contributed by atoms with van der Waals surface area (Å²) in [5, 5.41) is 3.19. The number of benzene rings is 2. The van der Waals surface area contributed by atoms with E-state index in [0.29, 0.717) is 11.8 Å². The summed E-state index contributed by atoms with van der Waals surface area (Å²) < 4.78 is 10.8. The summed E-state index contributed by atoms with van der Waals surface area (Å²) in [4.78, 5) is 16.6. The fourth-order valence-corrected chi connectivity index (χ4v) is 3.15. The van der Waals surface area contributed by atoms with E-state index in [1.807, 2.05) is 55.5 Å². The van der Waals surface area contributed by atoms with Crippen molar-refractivity contribution in [1.29, 1.82) is 0 Å². The SMILES string of the molecule is COc1ccc(CCNC(=O)C(C)Sc2nc3ccccc3o2)cc1. The minimum absolute atomic E-state index is 0.0271. The Bertz CT molecular complexity index is 812. The first-order chi connectivity index (χ1) is 12.2. The van der Waals surface area contributed by atoms with Gasteiger partial charge in [0.25, 0.3) is 5.22 Å². The van der Waals surface area contributed by atoms with Crippen molar-refractivity contribution >= 4 is 28.8 Å². The van der Waals surface area contributed by atoms with Crippen LogP contribution in [-0.2, 0) is 11.2 Å². The van der Waals surface area contributed by atoms with Gasteiger partial charge in [0.15, 0.2) is 5.58 Å².